The minimum atomic E-state index is -0.864. The van der Waals surface area contributed by atoms with Crippen molar-refractivity contribution in [2.45, 2.75) is 58.5 Å². The highest BCUT2D eigenvalue weighted by atomic mass is 35.5. The molecule has 1 aromatic rings. The van der Waals surface area contributed by atoms with E-state index in [9.17, 15) is 18.8 Å². The van der Waals surface area contributed by atoms with E-state index < -0.39 is 11.6 Å². The van der Waals surface area contributed by atoms with Crippen LogP contribution in [0.5, 0.6) is 0 Å². The van der Waals surface area contributed by atoms with Crippen LogP contribution in [0.4, 0.5) is 9.18 Å². The van der Waals surface area contributed by atoms with Crippen molar-refractivity contribution in [1.29, 1.82) is 0 Å². The van der Waals surface area contributed by atoms with Gasteiger partial charge in [0.15, 0.2) is 0 Å². The number of carbonyl (C=O) groups excluding carboxylic acids is 3. The number of nitrogens with one attached hydrogen (secondary N) is 1. The maximum absolute atomic E-state index is 14.1. The number of hydrogen-bond acceptors (Lipinski definition) is 4. The molecule has 2 aliphatic heterocycles. The highest BCUT2D eigenvalue weighted by Gasteiger charge is 2.53. The zero-order valence-electron chi connectivity index (χ0n) is 20.2. The fourth-order valence-electron chi connectivity index (χ4n) is 5.43. The van der Waals surface area contributed by atoms with Gasteiger partial charge in [0.2, 0.25) is 5.91 Å². The highest BCUT2D eigenvalue weighted by molar-refractivity contribution is 6.31. The lowest BCUT2D eigenvalue weighted by Gasteiger charge is -2.40. The largest absolute Gasteiger partial charge is 0.339 e. The number of halogens is 2. The zero-order chi connectivity index (χ0) is 24.7. The molecule has 3 aliphatic rings. The van der Waals surface area contributed by atoms with Crippen LogP contribution in [0, 0.1) is 17.2 Å². The molecular weight excluding hydrogens is 459 g/mol. The van der Waals surface area contributed by atoms with Gasteiger partial charge in [-0.15, -0.1) is 0 Å². The Balaban J connectivity index is 1.30. The molecule has 0 radical (unpaired) electrons. The molecule has 0 bridgehead atoms. The number of amides is 4. The molecule has 1 aromatic carbocycles. The van der Waals surface area contributed by atoms with E-state index in [2.05, 4.69) is 26.1 Å². The first-order chi connectivity index (χ1) is 16.0. The number of piperazine rings is 1. The van der Waals surface area contributed by atoms with Crippen molar-refractivity contribution in [2.24, 2.45) is 11.3 Å². The molecule has 4 amide bonds. The number of benzene rings is 1. The molecule has 1 N–H and O–H groups in total. The van der Waals surface area contributed by atoms with E-state index in [1.165, 1.54) is 6.07 Å². The topological polar surface area (TPSA) is 73.0 Å². The summed E-state index contributed by atoms with van der Waals surface area (Å²) < 4.78 is 14.1. The van der Waals surface area contributed by atoms with E-state index in [1.54, 1.807) is 17.0 Å². The molecule has 2 heterocycles. The SMILES string of the molecule is CC(C)(C)C1CCC2(CC1)NC(=O)N(CC(=O)N1CCN(Cc3c(F)cccc3Cl)CC1)C2=O. The van der Waals surface area contributed by atoms with Crippen LogP contribution in [0.3, 0.4) is 0 Å². The molecule has 1 aliphatic carbocycles. The quantitative estimate of drug-likeness (QED) is 0.651. The lowest BCUT2D eigenvalue weighted by molar-refractivity contribution is -0.140. The minimum absolute atomic E-state index is 0.169. The van der Waals surface area contributed by atoms with Crippen molar-refractivity contribution in [2.75, 3.05) is 32.7 Å². The van der Waals surface area contributed by atoms with Crippen LogP contribution in [0.2, 0.25) is 5.02 Å². The second-order valence-corrected chi connectivity index (χ2v) is 11.3. The second kappa shape index (κ2) is 9.46. The van der Waals surface area contributed by atoms with Crippen molar-refractivity contribution in [3.8, 4) is 0 Å². The molecule has 7 nitrogen and oxygen atoms in total. The molecule has 34 heavy (non-hydrogen) atoms. The minimum Gasteiger partial charge on any atom is -0.339 e. The van der Waals surface area contributed by atoms with E-state index in [0.717, 1.165) is 17.7 Å². The van der Waals surface area contributed by atoms with Gasteiger partial charge in [-0.3, -0.25) is 19.4 Å². The Kier molecular flexibility index (Phi) is 6.93. The summed E-state index contributed by atoms with van der Waals surface area (Å²) >= 11 is 6.14. The van der Waals surface area contributed by atoms with Crippen LogP contribution in [0.1, 0.15) is 52.0 Å². The standard InChI is InChI=1S/C25H34ClFN4O3/c1-24(2,3)17-7-9-25(10-8-17)22(33)31(23(34)28-25)16-21(32)30-13-11-29(12-14-30)15-18-19(26)5-4-6-20(18)27/h4-6,17H,7-16H2,1-3H3,(H,28,34). The number of imide groups is 1. The Bertz CT molecular complexity index is 943. The van der Waals surface area contributed by atoms with Crippen LogP contribution < -0.4 is 5.32 Å². The second-order valence-electron chi connectivity index (χ2n) is 10.9. The van der Waals surface area contributed by atoms with Gasteiger partial charge in [0.1, 0.15) is 17.9 Å². The van der Waals surface area contributed by atoms with Gasteiger partial charge in [-0.05, 0) is 49.1 Å². The van der Waals surface area contributed by atoms with Crippen molar-refractivity contribution in [1.82, 2.24) is 20.0 Å². The number of carbonyl (C=O) groups is 3. The number of rotatable bonds is 4. The Morgan fingerprint density at radius 2 is 1.79 bits per heavy atom. The van der Waals surface area contributed by atoms with E-state index in [0.29, 0.717) is 62.1 Å². The third kappa shape index (κ3) is 4.93. The Morgan fingerprint density at radius 1 is 1.15 bits per heavy atom. The third-order valence-electron chi connectivity index (χ3n) is 7.77. The van der Waals surface area contributed by atoms with E-state index >= 15 is 0 Å². The molecule has 0 unspecified atom stereocenters. The number of hydrogen-bond donors (Lipinski definition) is 1. The monoisotopic (exact) mass is 492 g/mol. The van der Waals surface area contributed by atoms with Gasteiger partial charge >= 0.3 is 6.03 Å². The van der Waals surface area contributed by atoms with Gasteiger partial charge in [-0.25, -0.2) is 9.18 Å². The Hall–Kier alpha value is -2.19. The average molecular weight is 493 g/mol. The molecule has 1 spiro atoms. The van der Waals surface area contributed by atoms with Crippen molar-refractivity contribution in [3.63, 3.8) is 0 Å². The predicted octanol–water partition coefficient (Wildman–Crippen LogP) is 3.65. The fraction of sp³-hybridized carbons (Fsp3) is 0.640. The first-order valence-corrected chi connectivity index (χ1v) is 12.4. The maximum atomic E-state index is 14.1. The van der Waals surface area contributed by atoms with Gasteiger partial charge in [-0.2, -0.15) is 0 Å². The highest BCUT2D eigenvalue weighted by Crippen LogP contribution is 2.43. The van der Waals surface area contributed by atoms with Crippen molar-refractivity contribution >= 4 is 29.4 Å². The van der Waals surface area contributed by atoms with Gasteiger partial charge in [0.25, 0.3) is 5.91 Å². The van der Waals surface area contributed by atoms with Gasteiger partial charge in [0, 0.05) is 43.3 Å². The molecule has 4 rings (SSSR count). The van der Waals surface area contributed by atoms with Crippen LogP contribution in [0.25, 0.3) is 0 Å². The number of urea groups is 1. The Morgan fingerprint density at radius 3 is 2.38 bits per heavy atom. The van der Waals surface area contributed by atoms with Gasteiger partial charge < -0.3 is 10.2 Å². The lowest BCUT2D eigenvalue weighted by atomic mass is 9.67. The van der Waals surface area contributed by atoms with Gasteiger partial charge in [-0.1, -0.05) is 38.4 Å². The first-order valence-electron chi connectivity index (χ1n) is 12.1. The predicted molar refractivity (Wildman–Crippen MR) is 128 cm³/mol. The zero-order valence-corrected chi connectivity index (χ0v) is 21.0. The van der Waals surface area contributed by atoms with Crippen LogP contribution in [-0.2, 0) is 16.1 Å². The maximum Gasteiger partial charge on any atom is 0.325 e. The first kappa shape index (κ1) is 24.9. The number of nitrogens with zero attached hydrogens (tertiary/aromatic N) is 3. The summed E-state index contributed by atoms with van der Waals surface area (Å²) in [7, 11) is 0. The molecular formula is C25H34ClFN4O3. The smallest absolute Gasteiger partial charge is 0.325 e. The lowest BCUT2D eigenvalue weighted by Crippen LogP contribution is -2.53. The van der Waals surface area contributed by atoms with Crippen LogP contribution in [0.15, 0.2) is 18.2 Å². The molecule has 1 saturated carbocycles. The molecule has 9 heteroatoms. The summed E-state index contributed by atoms with van der Waals surface area (Å²) in [6.07, 6.45) is 2.99. The molecule has 0 aromatic heterocycles. The summed E-state index contributed by atoms with van der Waals surface area (Å²) in [4.78, 5) is 43.6. The fourth-order valence-corrected chi connectivity index (χ4v) is 5.66. The normalized spacial score (nSPS) is 26.3. The third-order valence-corrected chi connectivity index (χ3v) is 8.13. The molecule has 0 atom stereocenters. The van der Waals surface area contributed by atoms with Crippen molar-refractivity contribution < 1.29 is 18.8 Å². The summed E-state index contributed by atoms with van der Waals surface area (Å²) in [6.45, 7) is 8.79. The summed E-state index contributed by atoms with van der Waals surface area (Å²) in [5, 5.41) is 3.30. The van der Waals surface area contributed by atoms with Gasteiger partial charge in [0.05, 0.1) is 0 Å². The summed E-state index contributed by atoms with van der Waals surface area (Å²) in [5.74, 6) is -0.345. The molecule has 2 saturated heterocycles. The molecule has 186 valence electrons. The van der Waals surface area contributed by atoms with E-state index in [1.807, 2.05) is 4.90 Å². The average Bonchev–Trinajstić information content (AvgIpc) is 3.00. The van der Waals surface area contributed by atoms with Crippen LogP contribution in [-0.4, -0.2) is 70.8 Å². The van der Waals surface area contributed by atoms with Crippen molar-refractivity contribution in [3.05, 3.63) is 34.6 Å². The Labute approximate surface area is 205 Å². The summed E-state index contributed by atoms with van der Waals surface area (Å²) in [6, 6.07) is 4.16. The summed E-state index contributed by atoms with van der Waals surface area (Å²) in [5.41, 5.74) is -0.241. The van der Waals surface area contributed by atoms with E-state index in [4.69, 9.17) is 11.6 Å². The molecule has 3 fully saturated rings. The van der Waals surface area contributed by atoms with E-state index in [-0.39, 0.29) is 29.6 Å². The van der Waals surface area contributed by atoms with Crippen LogP contribution >= 0.6 is 11.6 Å².